The van der Waals surface area contributed by atoms with Gasteiger partial charge in [-0.25, -0.2) is 0 Å². The Morgan fingerprint density at radius 1 is 1.65 bits per heavy atom. The fourth-order valence-corrected chi connectivity index (χ4v) is 2.47. The highest BCUT2D eigenvalue weighted by atomic mass is 35.5. The molecule has 1 fully saturated rings. The molecule has 0 unspecified atom stereocenters. The molecule has 1 amide bonds. The van der Waals surface area contributed by atoms with E-state index in [1.807, 2.05) is 6.92 Å². The van der Waals surface area contributed by atoms with Gasteiger partial charge in [0.2, 0.25) is 0 Å². The number of hydrogen-bond acceptors (Lipinski definition) is 2. The number of aryl methyl sites for hydroxylation is 2. The lowest BCUT2D eigenvalue weighted by Gasteiger charge is -2.14. The number of hydrogen-bond donors (Lipinski definition) is 1. The molecule has 2 rings (SSSR count). The Kier molecular flexibility index (Phi) is 3.43. The predicted octanol–water partition coefficient (Wildman–Crippen LogP) is 1.87. The number of amides is 1. The van der Waals surface area contributed by atoms with Gasteiger partial charge in [-0.05, 0) is 37.7 Å². The van der Waals surface area contributed by atoms with Crippen LogP contribution in [0.15, 0.2) is 6.07 Å². The van der Waals surface area contributed by atoms with Crippen molar-refractivity contribution in [3.8, 4) is 0 Å². The van der Waals surface area contributed by atoms with Crippen LogP contribution in [0.4, 0.5) is 0 Å². The van der Waals surface area contributed by atoms with Crippen LogP contribution in [0.1, 0.15) is 35.4 Å². The number of aromatic nitrogens is 2. The van der Waals surface area contributed by atoms with Crippen molar-refractivity contribution in [1.29, 1.82) is 0 Å². The second kappa shape index (κ2) is 4.69. The molecule has 0 aliphatic heterocycles. The van der Waals surface area contributed by atoms with Crippen molar-refractivity contribution < 1.29 is 4.79 Å². The van der Waals surface area contributed by atoms with E-state index in [1.165, 1.54) is 12.8 Å². The normalized spacial score (nSPS) is 16.9. The van der Waals surface area contributed by atoms with Crippen molar-refractivity contribution in [3.05, 3.63) is 17.5 Å². The lowest BCUT2D eigenvalue weighted by atomic mass is 10.0. The van der Waals surface area contributed by atoms with Gasteiger partial charge in [0.1, 0.15) is 5.69 Å². The number of alkyl halides is 1. The molecule has 1 aromatic rings. The summed E-state index contributed by atoms with van der Waals surface area (Å²) in [5, 5.41) is 7.15. The quantitative estimate of drug-likeness (QED) is 0.817. The van der Waals surface area contributed by atoms with Crippen LogP contribution in [-0.4, -0.2) is 28.1 Å². The Balaban J connectivity index is 1.92. The molecule has 1 aromatic heterocycles. The van der Waals surface area contributed by atoms with Gasteiger partial charge in [-0.3, -0.25) is 9.48 Å². The lowest BCUT2D eigenvalue weighted by Crippen LogP contribution is -2.31. The molecule has 17 heavy (non-hydrogen) atoms. The van der Waals surface area contributed by atoms with Crippen LogP contribution in [0.2, 0.25) is 0 Å². The Morgan fingerprint density at radius 2 is 2.35 bits per heavy atom. The van der Waals surface area contributed by atoms with E-state index in [2.05, 4.69) is 10.4 Å². The maximum atomic E-state index is 12.0. The summed E-state index contributed by atoms with van der Waals surface area (Å²) in [6.45, 7) is 2.61. The van der Waals surface area contributed by atoms with Gasteiger partial charge in [0.15, 0.2) is 0 Å². The molecule has 1 heterocycles. The molecular weight excluding hydrogens is 238 g/mol. The summed E-state index contributed by atoms with van der Waals surface area (Å²) in [4.78, 5) is 12.0. The molecule has 1 aliphatic carbocycles. The molecule has 0 radical (unpaired) electrons. The van der Waals surface area contributed by atoms with Gasteiger partial charge in [0.05, 0.1) is 5.69 Å². The fraction of sp³-hybridized carbons (Fsp3) is 0.667. The number of nitrogens with one attached hydrogen (secondary N) is 1. The third-order valence-electron chi connectivity index (χ3n) is 3.44. The topological polar surface area (TPSA) is 46.9 Å². The molecule has 4 nitrogen and oxygen atoms in total. The molecular formula is C12H18ClN3O. The summed E-state index contributed by atoms with van der Waals surface area (Å²) < 4.78 is 1.62. The van der Waals surface area contributed by atoms with E-state index < -0.39 is 0 Å². The standard InChI is InChI=1S/C12H18ClN3O/c1-9-7-10(16(2)15-9)11(17)14-8-12(3-4-12)5-6-13/h7H,3-6,8H2,1-2H3,(H,14,17). The van der Waals surface area contributed by atoms with E-state index >= 15 is 0 Å². The lowest BCUT2D eigenvalue weighted by molar-refractivity contribution is 0.0935. The van der Waals surface area contributed by atoms with E-state index in [-0.39, 0.29) is 11.3 Å². The van der Waals surface area contributed by atoms with Crippen molar-refractivity contribution in [2.24, 2.45) is 12.5 Å². The Morgan fingerprint density at radius 3 is 2.82 bits per heavy atom. The molecule has 5 heteroatoms. The highest BCUT2D eigenvalue weighted by molar-refractivity contribution is 6.17. The molecule has 1 saturated carbocycles. The second-order valence-corrected chi connectivity index (χ2v) is 5.29. The van der Waals surface area contributed by atoms with Gasteiger partial charge >= 0.3 is 0 Å². The summed E-state index contributed by atoms with van der Waals surface area (Å²) in [5.74, 6) is 0.620. The Hall–Kier alpha value is -1.03. The summed E-state index contributed by atoms with van der Waals surface area (Å²) in [5.41, 5.74) is 1.74. The number of nitrogens with zero attached hydrogens (tertiary/aromatic N) is 2. The maximum Gasteiger partial charge on any atom is 0.269 e. The first kappa shape index (κ1) is 12.4. The van der Waals surface area contributed by atoms with Crippen LogP contribution >= 0.6 is 11.6 Å². The molecule has 0 aromatic carbocycles. The fourth-order valence-electron chi connectivity index (χ4n) is 2.07. The summed E-state index contributed by atoms with van der Waals surface area (Å²) in [6.07, 6.45) is 3.33. The Labute approximate surface area is 106 Å². The molecule has 0 saturated heterocycles. The summed E-state index contributed by atoms with van der Waals surface area (Å²) in [6, 6.07) is 1.80. The number of carbonyl (C=O) groups is 1. The molecule has 0 bridgehead atoms. The van der Waals surface area contributed by atoms with Crippen LogP contribution in [0.3, 0.4) is 0 Å². The molecule has 0 atom stereocenters. The van der Waals surface area contributed by atoms with Crippen molar-refractivity contribution >= 4 is 17.5 Å². The Bertz CT molecular complexity index is 423. The van der Waals surface area contributed by atoms with Crippen LogP contribution in [0, 0.1) is 12.3 Å². The van der Waals surface area contributed by atoms with Crippen LogP contribution < -0.4 is 5.32 Å². The third-order valence-corrected chi connectivity index (χ3v) is 3.63. The second-order valence-electron chi connectivity index (χ2n) is 4.92. The zero-order valence-corrected chi connectivity index (χ0v) is 11.0. The smallest absolute Gasteiger partial charge is 0.269 e. The minimum absolute atomic E-state index is 0.0473. The highest BCUT2D eigenvalue weighted by Gasteiger charge is 2.41. The average molecular weight is 256 g/mol. The van der Waals surface area contributed by atoms with Gasteiger partial charge in [-0.1, -0.05) is 0 Å². The predicted molar refractivity (Wildman–Crippen MR) is 67.3 cm³/mol. The van der Waals surface area contributed by atoms with Gasteiger partial charge in [-0.2, -0.15) is 5.10 Å². The third kappa shape index (κ3) is 2.80. The molecule has 0 spiro atoms. The minimum Gasteiger partial charge on any atom is -0.350 e. The first-order valence-electron chi connectivity index (χ1n) is 5.91. The number of carbonyl (C=O) groups excluding carboxylic acids is 1. The van der Waals surface area contributed by atoms with Crippen molar-refractivity contribution in [2.45, 2.75) is 26.2 Å². The van der Waals surface area contributed by atoms with Gasteiger partial charge in [-0.15, -0.1) is 11.6 Å². The van der Waals surface area contributed by atoms with Gasteiger partial charge in [0, 0.05) is 19.5 Å². The summed E-state index contributed by atoms with van der Waals surface area (Å²) >= 11 is 5.76. The van der Waals surface area contributed by atoms with E-state index in [0.717, 1.165) is 18.7 Å². The van der Waals surface area contributed by atoms with Crippen molar-refractivity contribution in [3.63, 3.8) is 0 Å². The van der Waals surface area contributed by atoms with E-state index in [1.54, 1.807) is 17.8 Å². The summed E-state index contributed by atoms with van der Waals surface area (Å²) in [7, 11) is 1.79. The maximum absolute atomic E-state index is 12.0. The first-order chi connectivity index (χ1) is 8.06. The largest absolute Gasteiger partial charge is 0.350 e. The molecule has 94 valence electrons. The van der Waals surface area contributed by atoms with Crippen molar-refractivity contribution in [2.75, 3.05) is 12.4 Å². The molecule has 1 N–H and O–H groups in total. The van der Waals surface area contributed by atoms with Crippen molar-refractivity contribution in [1.82, 2.24) is 15.1 Å². The van der Waals surface area contributed by atoms with Crippen LogP contribution in [0.25, 0.3) is 0 Å². The van der Waals surface area contributed by atoms with E-state index in [9.17, 15) is 4.79 Å². The zero-order valence-electron chi connectivity index (χ0n) is 10.3. The SMILES string of the molecule is Cc1cc(C(=O)NCC2(CCCl)CC2)n(C)n1. The molecule has 1 aliphatic rings. The van der Waals surface area contributed by atoms with E-state index in [4.69, 9.17) is 11.6 Å². The van der Waals surface area contributed by atoms with E-state index in [0.29, 0.717) is 11.6 Å². The van der Waals surface area contributed by atoms with Crippen LogP contribution in [-0.2, 0) is 7.05 Å². The zero-order chi connectivity index (χ0) is 12.5. The minimum atomic E-state index is -0.0473. The van der Waals surface area contributed by atoms with Gasteiger partial charge < -0.3 is 5.32 Å². The first-order valence-corrected chi connectivity index (χ1v) is 6.45. The van der Waals surface area contributed by atoms with Gasteiger partial charge in [0.25, 0.3) is 5.91 Å². The highest BCUT2D eigenvalue weighted by Crippen LogP contribution is 2.48. The number of halogens is 1. The van der Waals surface area contributed by atoms with Crippen LogP contribution in [0.5, 0.6) is 0 Å². The monoisotopic (exact) mass is 255 g/mol. The average Bonchev–Trinajstić information content (AvgIpc) is 2.95. The number of rotatable bonds is 5.